The lowest BCUT2D eigenvalue weighted by Crippen LogP contribution is -2.45. The van der Waals surface area contributed by atoms with Crippen LogP contribution in [0.5, 0.6) is 0 Å². The van der Waals surface area contributed by atoms with Gasteiger partial charge in [0.2, 0.25) is 5.91 Å². The lowest BCUT2D eigenvalue weighted by Gasteiger charge is -2.20. The molecular weight excluding hydrogens is 1090 g/mol. The molecule has 0 fully saturated rings. The van der Waals surface area contributed by atoms with Crippen molar-refractivity contribution < 1.29 is 24.5 Å². The zero-order chi connectivity index (χ0) is 64.2. The van der Waals surface area contributed by atoms with Gasteiger partial charge in [0.25, 0.3) is 0 Å². The van der Waals surface area contributed by atoms with Crippen LogP contribution in [0.25, 0.3) is 0 Å². The number of carbonyl (C=O) groups is 2. The predicted molar refractivity (Wildman–Crippen MR) is 393 cm³/mol. The highest BCUT2D eigenvalue weighted by molar-refractivity contribution is 5.76. The Hall–Kier alpha value is -1.66. The third-order valence-corrected chi connectivity index (χ3v) is 19.5. The van der Waals surface area contributed by atoms with Crippen molar-refractivity contribution >= 4 is 11.9 Å². The Morgan fingerprint density at radius 3 is 0.798 bits per heavy atom. The highest BCUT2D eigenvalue weighted by Crippen LogP contribution is 2.20. The number of aliphatic hydroxyl groups excluding tert-OH is 2. The van der Waals surface area contributed by atoms with Crippen molar-refractivity contribution in [3.63, 3.8) is 0 Å². The minimum absolute atomic E-state index is 0.0220. The fourth-order valence-electron chi connectivity index (χ4n) is 13.2. The molecule has 6 nitrogen and oxygen atoms in total. The van der Waals surface area contributed by atoms with Gasteiger partial charge < -0.3 is 20.3 Å². The van der Waals surface area contributed by atoms with E-state index >= 15 is 0 Å². The van der Waals surface area contributed by atoms with E-state index in [0.717, 1.165) is 38.5 Å². The Kier molecular flexibility index (Phi) is 77.3. The number of ether oxygens (including phenoxy) is 1. The molecule has 0 bridgehead atoms. The summed E-state index contributed by atoms with van der Waals surface area (Å²) < 4.78 is 5.51. The van der Waals surface area contributed by atoms with Gasteiger partial charge in [-0.1, -0.05) is 423 Å². The van der Waals surface area contributed by atoms with Gasteiger partial charge in [-0.05, 0) is 57.8 Å². The molecule has 0 spiro atoms. The van der Waals surface area contributed by atoms with E-state index in [1.165, 1.54) is 405 Å². The fraction of sp³-hybridized carbons (Fsp3) is 0.928. The molecule has 2 atom stereocenters. The van der Waals surface area contributed by atoms with Crippen LogP contribution in [0.4, 0.5) is 0 Å². The average Bonchev–Trinajstić information content (AvgIpc) is 3.58. The number of aliphatic hydroxyl groups is 2. The van der Waals surface area contributed by atoms with E-state index in [-0.39, 0.29) is 18.5 Å². The van der Waals surface area contributed by atoms with Crippen molar-refractivity contribution in [2.24, 2.45) is 0 Å². The number of amides is 1. The molecule has 0 radical (unpaired) electrons. The summed E-state index contributed by atoms with van der Waals surface area (Å²) in [6.07, 6.45) is 102. The first-order chi connectivity index (χ1) is 44.0. The molecule has 0 aliphatic heterocycles. The molecule has 0 rings (SSSR count). The second kappa shape index (κ2) is 78.8. The van der Waals surface area contributed by atoms with E-state index in [0.29, 0.717) is 19.4 Å². The normalized spacial score (nSPS) is 12.5. The molecule has 0 aromatic heterocycles. The number of allylic oxidation sites excluding steroid dienone is 3. The quantitative estimate of drug-likeness (QED) is 0.0320. The number of rotatable bonds is 78. The largest absolute Gasteiger partial charge is 0.466 e. The first-order valence-corrected chi connectivity index (χ1v) is 41.1. The maximum Gasteiger partial charge on any atom is 0.305 e. The van der Waals surface area contributed by atoms with Gasteiger partial charge in [-0.15, -0.1) is 0 Å². The van der Waals surface area contributed by atoms with Crippen molar-refractivity contribution in [1.29, 1.82) is 0 Å². The molecule has 0 aliphatic rings. The zero-order valence-corrected chi connectivity index (χ0v) is 60.7. The van der Waals surface area contributed by atoms with Crippen LogP contribution >= 0.6 is 0 Å². The van der Waals surface area contributed by atoms with Crippen molar-refractivity contribution in [1.82, 2.24) is 5.32 Å². The Labute approximate surface area is 558 Å². The number of esters is 1. The molecule has 3 N–H and O–H groups in total. The third-order valence-electron chi connectivity index (χ3n) is 19.5. The summed E-state index contributed by atoms with van der Waals surface area (Å²) in [5.74, 6) is -0.0389. The first kappa shape index (κ1) is 87.3. The van der Waals surface area contributed by atoms with E-state index in [2.05, 4.69) is 31.3 Å². The molecule has 1 amide bonds. The number of hydrogen-bond acceptors (Lipinski definition) is 5. The van der Waals surface area contributed by atoms with E-state index in [9.17, 15) is 19.8 Å². The van der Waals surface area contributed by atoms with Gasteiger partial charge in [-0.3, -0.25) is 9.59 Å². The molecule has 89 heavy (non-hydrogen) atoms. The van der Waals surface area contributed by atoms with Crippen molar-refractivity contribution in [3.05, 3.63) is 24.3 Å². The Bertz CT molecular complexity index is 1400. The standard InChI is InChI=1S/C83H161NO5/c1-3-5-7-9-11-13-15-17-19-21-22-23-24-31-34-37-40-44-47-51-55-59-63-67-71-75-81(86)80(79-85)84-82(87)76-72-68-64-60-56-52-48-45-41-38-35-32-29-27-25-26-28-30-33-36-39-42-46-50-54-58-62-66-70-74-78-89-83(88)77-73-69-65-61-57-53-49-43-20-18-16-14-12-10-8-6-4-2/h26,28,71,75,80-81,85-86H,3-25,27,29-70,72-74,76-79H2,1-2H3,(H,84,87)/b28-26-,75-71+. The summed E-state index contributed by atoms with van der Waals surface area (Å²) in [4.78, 5) is 24.7. The molecular formula is C83H161NO5. The molecule has 0 aromatic rings. The van der Waals surface area contributed by atoms with Crippen LogP contribution in [0.1, 0.15) is 470 Å². The predicted octanol–water partition coefficient (Wildman–Crippen LogP) is 27.2. The smallest absolute Gasteiger partial charge is 0.305 e. The molecule has 0 heterocycles. The number of hydrogen-bond donors (Lipinski definition) is 3. The van der Waals surface area contributed by atoms with Gasteiger partial charge in [0.1, 0.15) is 0 Å². The van der Waals surface area contributed by atoms with Crippen LogP contribution in [0.2, 0.25) is 0 Å². The first-order valence-electron chi connectivity index (χ1n) is 41.1. The lowest BCUT2D eigenvalue weighted by atomic mass is 10.0. The van der Waals surface area contributed by atoms with Crippen LogP contribution < -0.4 is 5.32 Å². The van der Waals surface area contributed by atoms with Crippen molar-refractivity contribution in [3.8, 4) is 0 Å². The van der Waals surface area contributed by atoms with E-state index in [1.54, 1.807) is 6.08 Å². The molecule has 0 aromatic carbocycles. The highest BCUT2D eigenvalue weighted by atomic mass is 16.5. The monoisotopic (exact) mass is 1250 g/mol. The van der Waals surface area contributed by atoms with Gasteiger partial charge in [-0.25, -0.2) is 0 Å². The van der Waals surface area contributed by atoms with Crippen LogP contribution in [0.3, 0.4) is 0 Å². The summed E-state index contributed by atoms with van der Waals surface area (Å²) in [7, 11) is 0. The van der Waals surface area contributed by atoms with E-state index < -0.39 is 12.1 Å². The maximum atomic E-state index is 12.6. The molecule has 6 heteroatoms. The van der Waals surface area contributed by atoms with Gasteiger partial charge in [0.05, 0.1) is 25.4 Å². The summed E-state index contributed by atoms with van der Waals surface area (Å²) in [6, 6.07) is -0.628. The number of unbranched alkanes of at least 4 members (excludes halogenated alkanes) is 65. The van der Waals surface area contributed by atoms with Crippen LogP contribution in [-0.2, 0) is 14.3 Å². The van der Waals surface area contributed by atoms with Crippen molar-refractivity contribution in [2.75, 3.05) is 13.2 Å². The summed E-state index contributed by atoms with van der Waals surface area (Å²) in [6.45, 7) is 4.97. The van der Waals surface area contributed by atoms with Gasteiger partial charge in [0, 0.05) is 12.8 Å². The van der Waals surface area contributed by atoms with Gasteiger partial charge in [-0.2, -0.15) is 0 Å². The lowest BCUT2D eigenvalue weighted by molar-refractivity contribution is -0.143. The SMILES string of the molecule is CCCCCCCCCCCCCCCCCCCCCCCCC/C=C/C(O)C(CO)NC(=O)CCCCCCCCCCCCCCCC/C=C\CCCCCCCCCCCCCCOC(=O)CCCCCCCCCCCCCCCCCCC. The molecule has 2 unspecified atom stereocenters. The molecule has 528 valence electrons. The zero-order valence-electron chi connectivity index (χ0n) is 60.7. The minimum atomic E-state index is -0.845. The summed E-state index contributed by atoms with van der Waals surface area (Å²) in [5, 5.41) is 23.3. The molecule has 0 saturated carbocycles. The second-order valence-corrected chi connectivity index (χ2v) is 28.5. The number of nitrogens with one attached hydrogen (secondary N) is 1. The van der Waals surface area contributed by atoms with Gasteiger partial charge in [0.15, 0.2) is 0 Å². The highest BCUT2D eigenvalue weighted by Gasteiger charge is 2.18. The Morgan fingerprint density at radius 2 is 0.528 bits per heavy atom. The molecule has 0 saturated heterocycles. The Morgan fingerprint density at radius 1 is 0.303 bits per heavy atom. The average molecular weight is 1250 g/mol. The minimum Gasteiger partial charge on any atom is -0.466 e. The number of carbonyl (C=O) groups excluding carboxylic acids is 2. The Balaban J connectivity index is 3.38. The summed E-state index contributed by atoms with van der Waals surface area (Å²) in [5.41, 5.74) is 0. The van der Waals surface area contributed by atoms with Crippen LogP contribution in [0, 0.1) is 0 Å². The van der Waals surface area contributed by atoms with Gasteiger partial charge >= 0.3 is 5.97 Å². The topological polar surface area (TPSA) is 95.9 Å². The van der Waals surface area contributed by atoms with Crippen molar-refractivity contribution in [2.45, 2.75) is 482 Å². The van der Waals surface area contributed by atoms with E-state index in [1.807, 2.05) is 6.08 Å². The summed E-state index contributed by atoms with van der Waals surface area (Å²) >= 11 is 0. The second-order valence-electron chi connectivity index (χ2n) is 28.5. The van der Waals surface area contributed by atoms with Crippen LogP contribution in [-0.4, -0.2) is 47.4 Å². The fourth-order valence-corrected chi connectivity index (χ4v) is 13.2. The van der Waals surface area contributed by atoms with Crippen LogP contribution in [0.15, 0.2) is 24.3 Å². The molecule has 0 aliphatic carbocycles. The maximum absolute atomic E-state index is 12.6. The van der Waals surface area contributed by atoms with E-state index in [4.69, 9.17) is 4.74 Å². The third kappa shape index (κ3) is 75.3.